The molecule has 0 saturated carbocycles. The molecule has 2 rings (SSSR count). The van der Waals surface area contributed by atoms with Gasteiger partial charge in [-0.05, 0) is 58.6 Å². The van der Waals surface area contributed by atoms with Crippen LogP contribution in [0, 0.1) is 0 Å². The van der Waals surface area contributed by atoms with Crippen molar-refractivity contribution in [3.63, 3.8) is 0 Å². The van der Waals surface area contributed by atoms with Crippen LogP contribution in [-0.2, 0) is 4.74 Å². The molecular formula is C18H30FN3O. The number of hydrogen-bond donors (Lipinski definition) is 1. The van der Waals surface area contributed by atoms with Crippen molar-refractivity contribution in [3.05, 3.63) is 23.4 Å². The average Bonchev–Trinajstić information content (AvgIpc) is 2.86. The summed E-state index contributed by atoms with van der Waals surface area (Å²) in [6, 6.07) is 0. The normalized spacial score (nSPS) is 24.5. The highest BCUT2D eigenvalue weighted by atomic mass is 19.1. The number of nitrogens with one attached hydrogen (secondary N) is 1. The minimum atomic E-state index is -0.450. The molecule has 23 heavy (non-hydrogen) atoms. The number of ether oxygens (including phenoxy) is 1. The van der Waals surface area contributed by atoms with Crippen molar-refractivity contribution in [2.75, 3.05) is 19.8 Å². The lowest BCUT2D eigenvalue weighted by molar-refractivity contribution is 0.0336. The van der Waals surface area contributed by atoms with Crippen LogP contribution in [0.15, 0.2) is 28.5 Å². The van der Waals surface area contributed by atoms with E-state index >= 15 is 0 Å². The lowest BCUT2D eigenvalue weighted by Crippen LogP contribution is -2.37. The van der Waals surface area contributed by atoms with E-state index < -0.39 is 6.67 Å². The van der Waals surface area contributed by atoms with E-state index in [4.69, 9.17) is 4.74 Å². The third kappa shape index (κ3) is 5.15. The minimum Gasteiger partial charge on any atom is -0.368 e. The molecule has 0 spiro atoms. The second kappa shape index (κ2) is 8.06. The molecule has 1 saturated heterocycles. The first-order valence-electron chi connectivity index (χ1n) is 8.52. The Kier molecular flexibility index (Phi) is 6.36. The summed E-state index contributed by atoms with van der Waals surface area (Å²) in [6.45, 7) is 11.3. The molecule has 0 amide bonds. The monoisotopic (exact) mass is 323 g/mol. The van der Waals surface area contributed by atoms with Gasteiger partial charge in [0.2, 0.25) is 0 Å². The number of nitrogens with zero attached hydrogens (tertiary/aromatic N) is 2. The quantitative estimate of drug-likeness (QED) is 0.422. The van der Waals surface area contributed by atoms with E-state index in [1.807, 2.05) is 5.01 Å². The van der Waals surface area contributed by atoms with Crippen molar-refractivity contribution in [1.82, 2.24) is 10.3 Å². The SMILES string of the molecule is C=NN(C/C=C\CF)C1=C(CCNC(C)(C)C)CC2CCC1O2. The number of alkyl halides is 1. The molecule has 1 N–H and O–H groups in total. The Morgan fingerprint density at radius 1 is 1.39 bits per heavy atom. The molecule has 0 aromatic rings. The largest absolute Gasteiger partial charge is 0.368 e. The Hall–Kier alpha value is -1.20. The first-order chi connectivity index (χ1) is 10.9. The summed E-state index contributed by atoms with van der Waals surface area (Å²) in [5.74, 6) is 0. The van der Waals surface area contributed by atoms with Gasteiger partial charge in [0.1, 0.15) is 6.67 Å². The van der Waals surface area contributed by atoms with E-state index in [0.717, 1.165) is 37.9 Å². The van der Waals surface area contributed by atoms with E-state index in [0.29, 0.717) is 12.6 Å². The first-order valence-corrected chi connectivity index (χ1v) is 8.52. The predicted octanol–water partition coefficient (Wildman–Crippen LogP) is 3.41. The fourth-order valence-corrected chi connectivity index (χ4v) is 3.30. The molecule has 2 bridgehead atoms. The predicted molar refractivity (Wildman–Crippen MR) is 93.3 cm³/mol. The molecule has 2 atom stereocenters. The standard InChI is InChI=1S/C18H30FN3O/c1-18(2,3)21-11-9-14-13-15-7-8-16(23-15)17(14)22(20-4)12-6-5-10-19/h5-6,15-16,21H,4,7-13H2,1-3H3/b6-5-. The molecule has 2 unspecified atom stereocenters. The van der Waals surface area contributed by atoms with Crippen LogP contribution < -0.4 is 5.32 Å². The Morgan fingerprint density at radius 2 is 2.17 bits per heavy atom. The Morgan fingerprint density at radius 3 is 2.83 bits per heavy atom. The molecule has 2 aliphatic rings. The highest BCUT2D eigenvalue weighted by Crippen LogP contribution is 2.39. The molecule has 2 aliphatic heterocycles. The van der Waals surface area contributed by atoms with Gasteiger partial charge in [-0.25, -0.2) is 4.39 Å². The average molecular weight is 323 g/mol. The summed E-state index contributed by atoms with van der Waals surface area (Å²) in [7, 11) is 0. The molecule has 0 aliphatic carbocycles. The second-order valence-electron chi connectivity index (χ2n) is 7.29. The van der Waals surface area contributed by atoms with Crippen molar-refractivity contribution in [1.29, 1.82) is 0 Å². The zero-order valence-corrected chi connectivity index (χ0v) is 14.6. The highest BCUT2D eigenvalue weighted by Gasteiger charge is 2.37. The van der Waals surface area contributed by atoms with Crippen molar-refractivity contribution in [2.24, 2.45) is 5.10 Å². The molecule has 1 fully saturated rings. The summed E-state index contributed by atoms with van der Waals surface area (Å²) in [5.41, 5.74) is 2.67. The van der Waals surface area contributed by atoms with E-state index in [1.165, 1.54) is 11.6 Å². The van der Waals surface area contributed by atoms with Gasteiger partial charge >= 0.3 is 0 Å². The fraction of sp³-hybridized carbons (Fsp3) is 0.722. The van der Waals surface area contributed by atoms with Gasteiger partial charge in [-0.2, -0.15) is 5.10 Å². The smallest absolute Gasteiger partial charge is 0.108 e. The highest BCUT2D eigenvalue weighted by molar-refractivity contribution is 5.28. The first kappa shape index (κ1) is 18.1. The number of hydrogen-bond acceptors (Lipinski definition) is 4. The lowest BCUT2D eigenvalue weighted by Gasteiger charge is -2.33. The number of hydrazone groups is 1. The minimum absolute atomic E-state index is 0.114. The molecule has 4 nitrogen and oxygen atoms in total. The Bertz CT molecular complexity index is 467. The van der Waals surface area contributed by atoms with Crippen LogP contribution in [0.3, 0.4) is 0 Å². The zero-order chi connectivity index (χ0) is 16.9. The fourth-order valence-electron chi connectivity index (χ4n) is 3.30. The molecule has 0 aromatic heterocycles. The zero-order valence-electron chi connectivity index (χ0n) is 14.6. The van der Waals surface area contributed by atoms with Crippen molar-refractivity contribution in [3.8, 4) is 0 Å². The summed E-state index contributed by atoms with van der Waals surface area (Å²) in [6.07, 6.45) is 7.88. The summed E-state index contributed by atoms with van der Waals surface area (Å²) >= 11 is 0. The maximum Gasteiger partial charge on any atom is 0.108 e. The molecular weight excluding hydrogens is 293 g/mol. The van der Waals surface area contributed by atoms with Crippen LogP contribution in [0.5, 0.6) is 0 Å². The van der Waals surface area contributed by atoms with E-state index in [-0.39, 0.29) is 11.6 Å². The third-order valence-electron chi connectivity index (χ3n) is 4.31. The molecule has 5 heteroatoms. The Balaban J connectivity index is 2.12. The van der Waals surface area contributed by atoms with Gasteiger partial charge in [0.05, 0.1) is 24.4 Å². The third-order valence-corrected chi connectivity index (χ3v) is 4.31. The van der Waals surface area contributed by atoms with Gasteiger partial charge in [-0.15, -0.1) is 0 Å². The van der Waals surface area contributed by atoms with Gasteiger partial charge in [-0.1, -0.05) is 12.2 Å². The van der Waals surface area contributed by atoms with Crippen LogP contribution >= 0.6 is 0 Å². The van der Waals surface area contributed by atoms with Gasteiger partial charge in [0, 0.05) is 12.3 Å². The van der Waals surface area contributed by atoms with Crippen LogP contribution in [0.4, 0.5) is 4.39 Å². The summed E-state index contributed by atoms with van der Waals surface area (Å²) < 4.78 is 18.4. The van der Waals surface area contributed by atoms with Crippen LogP contribution in [0.1, 0.15) is 46.5 Å². The number of fused-ring (bicyclic) bond motifs is 2. The van der Waals surface area contributed by atoms with E-state index in [2.05, 4.69) is 37.9 Å². The van der Waals surface area contributed by atoms with Crippen molar-refractivity contribution >= 4 is 6.72 Å². The summed E-state index contributed by atoms with van der Waals surface area (Å²) in [5, 5.41) is 9.58. The summed E-state index contributed by atoms with van der Waals surface area (Å²) in [4.78, 5) is 0. The van der Waals surface area contributed by atoms with E-state index in [1.54, 1.807) is 6.08 Å². The molecule has 0 aromatic carbocycles. The van der Waals surface area contributed by atoms with Gasteiger partial charge in [0.15, 0.2) is 0 Å². The van der Waals surface area contributed by atoms with Gasteiger partial charge in [-0.3, -0.25) is 5.01 Å². The lowest BCUT2D eigenvalue weighted by atomic mass is 9.99. The van der Waals surface area contributed by atoms with Crippen LogP contribution in [-0.4, -0.2) is 49.2 Å². The topological polar surface area (TPSA) is 36.9 Å². The number of halogens is 1. The molecule has 0 radical (unpaired) electrons. The number of allylic oxidation sites excluding steroid dienone is 1. The van der Waals surface area contributed by atoms with E-state index in [9.17, 15) is 4.39 Å². The Labute approximate surface area is 139 Å². The maximum atomic E-state index is 12.3. The maximum absolute atomic E-state index is 12.3. The van der Waals surface area contributed by atoms with Crippen LogP contribution in [0.2, 0.25) is 0 Å². The molecule has 2 heterocycles. The number of rotatable bonds is 8. The van der Waals surface area contributed by atoms with Gasteiger partial charge < -0.3 is 10.1 Å². The van der Waals surface area contributed by atoms with Gasteiger partial charge in [0.25, 0.3) is 0 Å². The molecule has 130 valence electrons. The van der Waals surface area contributed by atoms with Crippen molar-refractivity contribution in [2.45, 2.75) is 64.2 Å². The van der Waals surface area contributed by atoms with Crippen molar-refractivity contribution < 1.29 is 9.13 Å². The van der Waals surface area contributed by atoms with Crippen LogP contribution in [0.25, 0.3) is 0 Å². The second-order valence-corrected chi connectivity index (χ2v) is 7.29.